The summed E-state index contributed by atoms with van der Waals surface area (Å²) in [5.74, 6) is 0.0373. The van der Waals surface area contributed by atoms with E-state index in [1.54, 1.807) is 11.8 Å². The first kappa shape index (κ1) is 14.0. The molecule has 17 heavy (non-hydrogen) atoms. The molecule has 1 aliphatic rings. The Morgan fingerprint density at radius 2 is 1.88 bits per heavy atom. The van der Waals surface area contributed by atoms with Gasteiger partial charge in [-0.25, -0.2) is 0 Å². The van der Waals surface area contributed by atoms with E-state index in [0.29, 0.717) is 12.5 Å². The zero-order valence-corrected chi connectivity index (χ0v) is 11.2. The Bertz CT molecular complexity index is 284. The smallest absolute Gasteiger partial charge is 0.325 e. The van der Waals surface area contributed by atoms with Crippen molar-refractivity contribution in [2.75, 3.05) is 13.2 Å². The van der Waals surface area contributed by atoms with E-state index in [1.807, 2.05) is 20.8 Å². The molecule has 1 fully saturated rings. The van der Waals surface area contributed by atoms with E-state index in [-0.39, 0.29) is 30.4 Å². The lowest BCUT2D eigenvalue weighted by atomic mass is 9.96. The van der Waals surface area contributed by atoms with Gasteiger partial charge in [0.15, 0.2) is 0 Å². The van der Waals surface area contributed by atoms with Crippen molar-refractivity contribution in [3.8, 4) is 0 Å². The van der Waals surface area contributed by atoms with Crippen LogP contribution in [0.15, 0.2) is 0 Å². The van der Waals surface area contributed by atoms with Gasteiger partial charge in [0, 0.05) is 12.0 Å². The van der Waals surface area contributed by atoms with E-state index >= 15 is 0 Å². The van der Waals surface area contributed by atoms with Crippen LogP contribution in [0, 0.1) is 11.8 Å². The van der Waals surface area contributed by atoms with Crippen molar-refractivity contribution in [2.24, 2.45) is 11.8 Å². The van der Waals surface area contributed by atoms with Crippen LogP contribution in [-0.2, 0) is 14.3 Å². The van der Waals surface area contributed by atoms with Crippen molar-refractivity contribution in [3.63, 3.8) is 0 Å². The summed E-state index contributed by atoms with van der Waals surface area (Å²) >= 11 is 0. The van der Waals surface area contributed by atoms with Gasteiger partial charge >= 0.3 is 5.97 Å². The first-order chi connectivity index (χ1) is 7.97. The Morgan fingerprint density at radius 1 is 1.29 bits per heavy atom. The minimum atomic E-state index is -0.302. The third-order valence-electron chi connectivity index (χ3n) is 3.27. The number of carbonyl (C=O) groups excluding carboxylic acids is 2. The predicted octanol–water partition coefficient (Wildman–Crippen LogP) is 1.83. The fraction of sp³-hybridized carbons (Fsp3) is 0.846. The molecule has 1 saturated carbocycles. The maximum Gasteiger partial charge on any atom is 0.325 e. The molecular weight excluding hydrogens is 218 g/mol. The van der Waals surface area contributed by atoms with E-state index < -0.39 is 0 Å². The Morgan fingerprint density at radius 3 is 2.29 bits per heavy atom. The topological polar surface area (TPSA) is 46.6 Å². The fourth-order valence-electron chi connectivity index (χ4n) is 1.67. The van der Waals surface area contributed by atoms with Crippen molar-refractivity contribution < 1.29 is 14.3 Å². The number of rotatable bonds is 6. The molecule has 0 aromatic carbocycles. The van der Waals surface area contributed by atoms with E-state index in [0.717, 1.165) is 12.8 Å². The Labute approximate surface area is 103 Å². The summed E-state index contributed by atoms with van der Waals surface area (Å²) in [4.78, 5) is 25.4. The molecule has 4 heteroatoms. The molecule has 1 unspecified atom stereocenters. The molecule has 1 amide bonds. The Kier molecular flexibility index (Phi) is 4.97. The fourth-order valence-corrected chi connectivity index (χ4v) is 1.67. The number of carbonyl (C=O) groups is 2. The molecule has 0 aromatic rings. The van der Waals surface area contributed by atoms with Crippen molar-refractivity contribution in [1.29, 1.82) is 0 Å². The number of esters is 1. The van der Waals surface area contributed by atoms with Gasteiger partial charge in [0.1, 0.15) is 6.54 Å². The lowest BCUT2D eigenvalue weighted by molar-refractivity contribution is -0.151. The highest BCUT2D eigenvalue weighted by Gasteiger charge is 2.36. The molecule has 0 N–H and O–H groups in total. The summed E-state index contributed by atoms with van der Waals surface area (Å²) in [6.07, 6.45) is 2.02. The normalized spacial score (nSPS) is 16.8. The van der Waals surface area contributed by atoms with Crippen LogP contribution in [0.2, 0.25) is 0 Å². The lowest BCUT2D eigenvalue weighted by Crippen LogP contribution is -2.42. The monoisotopic (exact) mass is 241 g/mol. The van der Waals surface area contributed by atoms with Gasteiger partial charge in [0.05, 0.1) is 6.61 Å². The molecule has 0 bridgehead atoms. The quantitative estimate of drug-likeness (QED) is 0.666. The molecule has 0 spiro atoms. The third-order valence-corrected chi connectivity index (χ3v) is 3.27. The summed E-state index contributed by atoms with van der Waals surface area (Å²) in [5, 5.41) is 0. The molecule has 0 aliphatic heterocycles. The minimum Gasteiger partial charge on any atom is -0.465 e. The second-order valence-electron chi connectivity index (χ2n) is 5.04. The van der Waals surface area contributed by atoms with Crippen LogP contribution in [0.25, 0.3) is 0 Å². The van der Waals surface area contributed by atoms with Crippen LogP contribution in [0.5, 0.6) is 0 Å². The van der Waals surface area contributed by atoms with Gasteiger partial charge in [-0.1, -0.05) is 20.8 Å². The van der Waals surface area contributed by atoms with Gasteiger partial charge < -0.3 is 9.64 Å². The molecule has 0 aromatic heterocycles. The number of hydrogen-bond acceptors (Lipinski definition) is 3. The largest absolute Gasteiger partial charge is 0.465 e. The SMILES string of the molecule is CCOC(=O)CN(C(=O)C(C)C(C)C)C1CC1. The van der Waals surface area contributed by atoms with Crippen molar-refractivity contribution in [3.05, 3.63) is 0 Å². The molecular formula is C13H23NO3. The molecule has 0 saturated heterocycles. The van der Waals surface area contributed by atoms with Gasteiger partial charge in [0.25, 0.3) is 0 Å². The summed E-state index contributed by atoms with van der Waals surface area (Å²) in [7, 11) is 0. The number of ether oxygens (including phenoxy) is 1. The number of hydrogen-bond donors (Lipinski definition) is 0. The molecule has 1 aliphatic carbocycles. The van der Waals surface area contributed by atoms with Crippen LogP contribution in [0.3, 0.4) is 0 Å². The standard InChI is InChI=1S/C13H23NO3/c1-5-17-12(15)8-14(11-6-7-11)13(16)10(4)9(2)3/h9-11H,5-8H2,1-4H3. The maximum absolute atomic E-state index is 12.2. The predicted molar refractivity (Wildman–Crippen MR) is 65.4 cm³/mol. The molecule has 0 heterocycles. The van der Waals surface area contributed by atoms with Gasteiger partial charge in [-0.3, -0.25) is 9.59 Å². The van der Waals surface area contributed by atoms with E-state index in [2.05, 4.69) is 0 Å². The van der Waals surface area contributed by atoms with Crippen molar-refractivity contribution >= 4 is 11.9 Å². The third kappa shape index (κ3) is 4.02. The Hall–Kier alpha value is -1.06. The van der Waals surface area contributed by atoms with E-state index in [1.165, 1.54) is 0 Å². The minimum absolute atomic E-state index is 0.0370. The Balaban J connectivity index is 2.59. The first-order valence-electron chi connectivity index (χ1n) is 6.43. The van der Waals surface area contributed by atoms with Crippen LogP contribution in [0.4, 0.5) is 0 Å². The zero-order chi connectivity index (χ0) is 13.0. The summed E-state index contributed by atoms with van der Waals surface area (Å²) in [6, 6.07) is 0.258. The molecule has 0 radical (unpaired) electrons. The zero-order valence-electron chi connectivity index (χ0n) is 11.2. The number of amides is 1. The molecule has 1 rings (SSSR count). The van der Waals surface area contributed by atoms with Crippen LogP contribution < -0.4 is 0 Å². The van der Waals surface area contributed by atoms with Gasteiger partial charge in [-0.05, 0) is 25.7 Å². The van der Waals surface area contributed by atoms with E-state index in [4.69, 9.17) is 4.74 Å². The highest BCUT2D eigenvalue weighted by atomic mass is 16.5. The lowest BCUT2D eigenvalue weighted by Gasteiger charge is -2.26. The summed E-state index contributed by atoms with van der Waals surface area (Å²) in [6.45, 7) is 8.22. The average Bonchev–Trinajstić information content (AvgIpc) is 3.08. The van der Waals surface area contributed by atoms with Gasteiger partial charge in [-0.15, -0.1) is 0 Å². The second kappa shape index (κ2) is 6.03. The highest BCUT2D eigenvalue weighted by molar-refractivity contribution is 5.84. The molecule has 1 atom stereocenters. The van der Waals surface area contributed by atoms with Crippen molar-refractivity contribution in [2.45, 2.75) is 46.6 Å². The molecule has 4 nitrogen and oxygen atoms in total. The molecule has 98 valence electrons. The van der Waals surface area contributed by atoms with Crippen LogP contribution >= 0.6 is 0 Å². The van der Waals surface area contributed by atoms with E-state index in [9.17, 15) is 9.59 Å². The highest BCUT2D eigenvalue weighted by Crippen LogP contribution is 2.29. The summed E-state index contributed by atoms with van der Waals surface area (Å²) in [5.41, 5.74) is 0. The summed E-state index contributed by atoms with van der Waals surface area (Å²) < 4.78 is 4.91. The number of nitrogens with zero attached hydrogens (tertiary/aromatic N) is 1. The van der Waals surface area contributed by atoms with Gasteiger partial charge in [-0.2, -0.15) is 0 Å². The average molecular weight is 241 g/mol. The first-order valence-corrected chi connectivity index (χ1v) is 6.43. The maximum atomic E-state index is 12.2. The second-order valence-corrected chi connectivity index (χ2v) is 5.04. The van der Waals surface area contributed by atoms with Crippen LogP contribution in [0.1, 0.15) is 40.5 Å². The van der Waals surface area contributed by atoms with Gasteiger partial charge in [0.2, 0.25) is 5.91 Å². The van der Waals surface area contributed by atoms with Crippen molar-refractivity contribution in [1.82, 2.24) is 4.90 Å². The van der Waals surface area contributed by atoms with Crippen LogP contribution in [-0.4, -0.2) is 36.0 Å².